The van der Waals surface area contributed by atoms with Crippen LogP contribution in [0.15, 0.2) is 17.1 Å². The molecule has 1 atom stereocenters. The Balaban J connectivity index is 1.49. The van der Waals surface area contributed by atoms with E-state index < -0.39 is 11.7 Å². The number of nitrogens with one attached hydrogen (secondary N) is 2. The van der Waals surface area contributed by atoms with Crippen LogP contribution in [0, 0.1) is 12.8 Å². The molecule has 2 amide bonds. The van der Waals surface area contributed by atoms with Gasteiger partial charge in [-0.3, -0.25) is 9.59 Å². The molecule has 0 saturated carbocycles. The molecule has 4 heterocycles. The molecule has 0 aliphatic carbocycles. The Labute approximate surface area is 164 Å². The average molecular weight is 388 g/mol. The normalized spacial score (nSPS) is 24.1. The summed E-state index contributed by atoms with van der Waals surface area (Å²) in [5, 5.41) is 6.07. The Morgan fingerprint density at radius 3 is 2.75 bits per heavy atom. The zero-order valence-electron chi connectivity index (χ0n) is 16.3. The number of likely N-dealkylation sites (tertiary alicyclic amines) is 1. The zero-order valence-corrected chi connectivity index (χ0v) is 16.3. The largest absolute Gasteiger partial charge is 0.441 e. The Hall–Kier alpha value is -2.35. The van der Waals surface area contributed by atoms with Gasteiger partial charge in [0, 0.05) is 38.7 Å². The van der Waals surface area contributed by atoms with Crippen LogP contribution in [0.5, 0.6) is 0 Å². The van der Waals surface area contributed by atoms with Gasteiger partial charge in [-0.15, -0.1) is 0 Å². The molecule has 8 heteroatoms. The number of aryl methyl sites for hydroxylation is 1. The van der Waals surface area contributed by atoms with Crippen LogP contribution in [0.1, 0.15) is 41.6 Å². The molecule has 0 aromatic carbocycles. The minimum atomic E-state index is -0.506. The van der Waals surface area contributed by atoms with E-state index in [1.54, 1.807) is 15.7 Å². The Kier molecular flexibility index (Phi) is 5.14. The molecule has 4 rings (SSSR count). The first-order valence-electron chi connectivity index (χ1n) is 10.1. The minimum absolute atomic E-state index is 0.204. The first-order chi connectivity index (χ1) is 13.5. The third kappa shape index (κ3) is 3.65. The maximum atomic E-state index is 13.1. The van der Waals surface area contributed by atoms with Gasteiger partial charge in [0.2, 0.25) is 0 Å². The molecule has 28 heavy (non-hydrogen) atoms. The fourth-order valence-corrected chi connectivity index (χ4v) is 4.48. The molecule has 1 aromatic heterocycles. The Bertz CT molecular complexity index is 820. The Morgan fingerprint density at radius 2 is 2.11 bits per heavy atom. The van der Waals surface area contributed by atoms with Crippen molar-refractivity contribution in [2.45, 2.75) is 44.8 Å². The number of amides is 2. The van der Waals surface area contributed by atoms with Crippen molar-refractivity contribution >= 4 is 12.0 Å². The highest BCUT2D eigenvalue weighted by Crippen LogP contribution is 2.29. The predicted octanol–water partition coefficient (Wildman–Crippen LogP) is 0.871. The van der Waals surface area contributed by atoms with Crippen molar-refractivity contribution in [3.8, 4) is 0 Å². The SMILES string of the molecule is Cc1ccn(CC2CCCNC2)c(=O)c1C(=O)N1CCC2(CC1)CNC(=O)O2. The summed E-state index contributed by atoms with van der Waals surface area (Å²) in [4.78, 5) is 39.3. The molecule has 3 aliphatic heterocycles. The minimum Gasteiger partial charge on any atom is -0.441 e. The molecule has 8 nitrogen and oxygen atoms in total. The summed E-state index contributed by atoms with van der Waals surface area (Å²) in [5.74, 6) is 0.197. The number of alkyl carbamates (subject to hydrolysis) is 1. The molecule has 0 bridgehead atoms. The molecule has 3 fully saturated rings. The van der Waals surface area contributed by atoms with Gasteiger partial charge in [0.05, 0.1) is 6.54 Å². The van der Waals surface area contributed by atoms with Crippen LogP contribution < -0.4 is 16.2 Å². The lowest BCUT2D eigenvalue weighted by Gasteiger charge is -2.37. The molecule has 2 N–H and O–H groups in total. The van der Waals surface area contributed by atoms with Gasteiger partial charge in [-0.05, 0) is 50.4 Å². The molecule has 3 aliphatic rings. The van der Waals surface area contributed by atoms with Gasteiger partial charge >= 0.3 is 6.09 Å². The van der Waals surface area contributed by atoms with E-state index in [1.165, 1.54) is 0 Å². The van der Waals surface area contributed by atoms with Crippen LogP contribution >= 0.6 is 0 Å². The van der Waals surface area contributed by atoms with Crippen LogP contribution in [0.4, 0.5) is 4.79 Å². The first kappa shape index (κ1) is 19.0. The average Bonchev–Trinajstić information content (AvgIpc) is 3.05. The van der Waals surface area contributed by atoms with Gasteiger partial charge in [-0.1, -0.05) is 0 Å². The molecule has 1 spiro atoms. The van der Waals surface area contributed by atoms with Crippen LogP contribution in [-0.4, -0.2) is 59.8 Å². The smallest absolute Gasteiger partial charge is 0.407 e. The van der Waals surface area contributed by atoms with E-state index >= 15 is 0 Å². The summed E-state index contributed by atoms with van der Waals surface area (Å²) in [6.07, 6.45) is 4.80. The third-order valence-corrected chi connectivity index (χ3v) is 6.27. The quantitative estimate of drug-likeness (QED) is 0.802. The lowest BCUT2D eigenvalue weighted by molar-refractivity contribution is 0.00322. The van der Waals surface area contributed by atoms with Gasteiger partial charge in [-0.25, -0.2) is 4.79 Å². The molecular weight excluding hydrogens is 360 g/mol. The van der Waals surface area contributed by atoms with E-state index in [9.17, 15) is 14.4 Å². The molecule has 3 saturated heterocycles. The van der Waals surface area contributed by atoms with Crippen molar-refractivity contribution in [3.63, 3.8) is 0 Å². The lowest BCUT2D eigenvalue weighted by Crippen LogP contribution is -2.49. The number of carbonyl (C=O) groups excluding carboxylic acids is 2. The van der Waals surface area contributed by atoms with E-state index in [-0.39, 0.29) is 17.0 Å². The number of aromatic nitrogens is 1. The monoisotopic (exact) mass is 388 g/mol. The zero-order chi connectivity index (χ0) is 19.7. The van der Waals surface area contributed by atoms with E-state index in [1.807, 2.05) is 13.0 Å². The summed E-state index contributed by atoms with van der Waals surface area (Å²) in [6.45, 7) is 5.84. The highest BCUT2D eigenvalue weighted by atomic mass is 16.6. The molecular formula is C20H28N4O4. The third-order valence-electron chi connectivity index (χ3n) is 6.27. The van der Waals surface area contributed by atoms with Crippen molar-refractivity contribution in [3.05, 3.63) is 33.7 Å². The summed E-state index contributed by atoms with van der Waals surface area (Å²) in [5.41, 5.74) is 0.268. The maximum Gasteiger partial charge on any atom is 0.407 e. The lowest BCUT2D eigenvalue weighted by atomic mass is 9.91. The molecule has 152 valence electrons. The van der Waals surface area contributed by atoms with Crippen molar-refractivity contribution in [2.24, 2.45) is 5.92 Å². The van der Waals surface area contributed by atoms with Crippen molar-refractivity contribution in [1.29, 1.82) is 0 Å². The van der Waals surface area contributed by atoms with E-state index in [4.69, 9.17) is 4.74 Å². The number of pyridine rings is 1. The first-order valence-corrected chi connectivity index (χ1v) is 10.1. The van der Waals surface area contributed by atoms with E-state index in [0.717, 1.165) is 25.9 Å². The van der Waals surface area contributed by atoms with Crippen LogP contribution in [0.3, 0.4) is 0 Å². The van der Waals surface area contributed by atoms with Crippen LogP contribution in [-0.2, 0) is 11.3 Å². The predicted molar refractivity (Wildman–Crippen MR) is 103 cm³/mol. The van der Waals surface area contributed by atoms with Gasteiger partial charge < -0.3 is 24.8 Å². The molecule has 1 aromatic rings. The van der Waals surface area contributed by atoms with Crippen molar-refractivity contribution in [1.82, 2.24) is 20.1 Å². The topological polar surface area (TPSA) is 92.7 Å². The molecule has 1 unspecified atom stereocenters. The highest BCUT2D eigenvalue weighted by molar-refractivity contribution is 5.95. The summed E-state index contributed by atoms with van der Waals surface area (Å²) in [6, 6.07) is 1.86. The van der Waals surface area contributed by atoms with Crippen molar-refractivity contribution in [2.75, 3.05) is 32.7 Å². The maximum absolute atomic E-state index is 13.1. The van der Waals surface area contributed by atoms with Gasteiger partial charge in [0.25, 0.3) is 11.5 Å². The number of hydrogen-bond acceptors (Lipinski definition) is 5. The van der Waals surface area contributed by atoms with Gasteiger partial charge in [-0.2, -0.15) is 0 Å². The standard InChI is InChI=1S/C20H28N4O4/c1-14-4-8-24(12-15-3-2-7-21-11-15)18(26)16(14)17(25)23-9-5-20(6-10-23)13-22-19(27)28-20/h4,8,15,21H,2-3,5-7,9-13H2,1H3,(H,22,27). The summed E-state index contributed by atoms with van der Waals surface area (Å²) < 4.78 is 7.10. The van der Waals surface area contributed by atoms with E-state index in [2.05, 4.69) is 10.6 Å². The van der Waals surface area contributed by atoms with Crippen molar-refractivity contribution < 1.29 is 14.3 Å². The number of piperidine rings is 2. The Morgan fingerprint density at radius 1 is 1.32 bits per heavy atom. The number of nitrogens with zero attached hydrogens (tertiary/aromatic N) is 2. The number of ether oxygens (including phenoxy) is 1. The summed E-state index contributed by atoms with van der Waals surface area (Å²) in [7, 11) is 0. The second-order valence-electron chi connectivity index (χ2n) is 8.26. The van der Waals surface area contributed by atoms with Crippen LogP contribution in [0.25, 0.3) is 0 Å². The number of hydrogen-bond donors (Lipinski definition) is 2. The second-order valence-corrected chi connectivity index (χ2v) is 8.26. The molecule has 0 radical (unpaired) electrons. The number of rotatable bonds is 3. The van der Waals surface area contributed by atoms with E-state index in [0.29, 0.717) is 50.5 Å². The van der Waals surface area contributed by atoms with Gasteiger partial charge in [0.1, 0.15) is 11.2 Å². The van der Waals surface area contributed by atoms with Gasteiger partial charge in [0.15, 0.2) is 0 Å². The van der Waals surface area contributed by atoms with Crippen LogP contribution in [0.2, 0.25) is 0 Å². The summed E-state index contributed by atoms with van der Waals surface area (Å²) >= 11 is 0. The fourth-order valence-electron chi connectivity index (χ4n) is 4.48. The second kappa shape index (κ2) is 7.58. The highest BCUT2D eigenvalue weighted by Gasteiger charge is 2.44. The fraction of sp³-hybridized carbons (Fsp3) is 0.650. The number of carbonyl (C=O) groups is 2.